The van der Waals surface area contributed by atoms with Crippen LogP contribution in [0.1, 0.15) is 19.0 Å². The maximum atomic E-state index is 6.20. The van der Waals surface area contributed by atoms with Crippen molar-refractivity contribution in [1.29, 1.82) is 0 Å². The molecule has 1 aromatic carbocycles. The second-order valence-electron chi connectivity index (χ2n) is 5.14. The van der Waals surface area contributed by atoms with Crippen molar-refractivity contribution in [3.63, 3.8) is 0 Å². The van der Waals surface area contributed by atoms with Gasteiger partial charge >= 0.3 is 0 Å². The normalized spacial score (nSPS) is 12.9. The van der Waals surface area contributed by atoms with E-state index >= 15 is 0 Å². The Labute approximate surface area is 126 Å². The van der Waals surface area contributed by atoms with Gasteiger partial charge in [0.1, 0.15) is 0 Å². The minimum Gasteiger partial charge on any atom is -0.382 e. The summed E-state index contributed by atoms with van der Waals surface area (Å²) in [6.45, 7) is 4.89. The van der Waals surface area contributed by atoms with E-state index in [1.165, 1.54) is 10.9 Å². The molecule has 0 fully saturated rings. The molecular formula is C16H25N3O2. The van der Waals surface area contributed by atoms with Crippen molar-refractivity contribution in [2.45, 2.75) is 32.4 Å². The summed E-state index contributed by atoms with van der Waals surface area (Å²) in [5, 5.41) is 5.89. The van der Waals surface area contributed by atoms with E-state index in [4.69, 9.17) is 15.2 Å². The molecule has 1 unspecified atom stereocenters. The Bertz CT molecular complexity index is 553. The van der Waals surface area contributed by atoms with Gasteiger partial charge in [0.15, 0.2) is 0 Å². The van der Waals surface area contributed by atoms with E-state index < -0.39 is 0 Å². The maximum absolute atomic E-state index is 6.20. The molecule has 21 heavy (non-hydrogen) atoms. The summed E-state index contributed by atoms with van der Waals surface area (Å²) in [7, 11) is 1.67. The summed E-state index contributed by atoms with van der Waals surface area (Å²) in [4.78, 5) is 0. The van der Waals surface area contributed by atoms with Gasteiger partial charge in [0, 0.05) is 38.1 Å². The van der Waals surface area contributed by atoms with Crippen LogP contribution in [0.25, 0.3) is 10.9 Å². The number of hydrogen-bond donors (Lipinski definition) is 1. The van der Waals surface area contributed by atoms with Crippen LogP contribution in [0, 0.1) is 0 Å². The third kappa shape index (κ3) is 4.27. The van der Waals surface area contributed by atoms with Crippen LogP contribution < -0.4 is 5.73 Å². The number of methoxy groups -OCH3 is 1. The standard InChI is InChI=1S/C16H25N3O2/c1-3-19-16-7-5-4-6-14(16)15(18-19)12-13(17)8-9-21-11-10-20-2/h4-7,13H,3,8-12,17H2,1-2H3. The van der Waals surface area contributed by atoms with Gasteiger partial charge in [-0.1, -0.05) is 18.2 Å². The second kappa shape index (κ2) is 8.12. The number of para-hydroxylation sites is 1. The molecule has 2 N–H and O–H groups in total. The van der Waals surface area contributed by atoms with Crippen LogP contribution in [0.15, 0.2) is 24.3 Å². The van der Waals surface area contributed by atoms with Crippen LogP contribution in [0.5, 0.6) is 0 Å². The van der Waals surface area contributed by atoms with Crippen molar-refractivity contribution >= 4 is 10.9 Å². The van der Waals surface area contributed by atoms with Gasteiger partial charge in [-0.2, -0.15) is 5.10 Å². The van der Waals surface area contributed by atoms with Gasteiger partial charge in [-0.25, -0.2) is 0 Å². The fourth-order valence-electron chi connectivity index (χ4n) is 2.42. The van der Waals surface area contributed by atoms with E-state index in [2.05, 4.69) is 24.2 Å². The van der Waals surface area contributed by atoms with Crippen molar-refractivity contribution in [2.24, 2.45) is 5.73 Å². The molecule has 2 rings (SSSR count). The van der Waals surface area contributed by atoms with Crippen LogP contribution in [0.3, 0.4) is 0 Å². The minimum absolute atomic E-state index is 0.0659. The Morgan fingerprint density at radius 1 is 1.24 bits per heavy atom. The fraction of sp³-hybridized carbons (Fsp3) is 0.562. The number of fused-ring (bicyclic) bond motifs is 1. The van der Waals surface area contributed by atoms with Gasteiger partial charge in [0.25, 0.3) is 0 Å². The molecule has 1 heterocycles. The number of ether oxygens (including phenoxy) is 2. The quantitative estimate of drug-likeness (QED) is 0.718. The van der Waals surface area contributed by atoms with Gasteiger partial charge in [-0.15, -0.1) is 0 Å². The molecule has 0 bridgehead atoms. The third-order valence-electron chi connectivity index (χ3n) is 3.55. The lowest BCUT2D eigenvalue weighted by Crippen LogP contribution is -2.25. The van der Waals surface area contributed by atoms with Crippen LogP contribution in [-0.4, -0.2) is 42.8 Å². The highest BCUT2D eigenvalue weighted by Crippen LogP contribution is 2.19. The zero-order valence-electron chi connectivity index (χ0n) is 12.9. The van der Waals surface area contributed by atoms with Crippen molar-refractivity contribution < 1.29 is 9.47 Å². The zero-order valence-corrected chi connectivity index (χ0v) is 12.9. The summed E-state index contributed by atoms with van der Waals surface area (Å²) < 4.78 is 12.4. The Hall–Kier alpha value is -1.43. The first kappa shape index (κ1) is 15.9. The maximum Gasteiger partial charge on any atom is 0.0718 e. The number of benzene rings is 1. The number of aromatic nitrogens is 2. The molecular weight excluding hydrogens is 266 g/mol. The predicted molar refractivity (Wildman–Crippen MR) is 84.4 cm³/mol. The van der Waals surface area contributed by atoms with E-state index in [-0.39, 0.29) is 6.04 Å². The highest BCUT2D eigenvalue weighted by Gasteiger charge is 2.12. The van der Waals surface area contributed by atoms with E-state index in [9.17, 15) is 0 Å². The molecule has 0 saturated heterocycles. The smallest absolute Gasteiger partial charge is 0.0718 e. The average molecular weight is 291 g/mol. The molecule has 0 radical (unpaired) electrons. The monoisotopic (exact) mass is 291 g/mol. The first-order valence-corrected chi connectivity index (χ1v) is 7.53. The molecule has 2 aromatic rings. The molecule has 5 nitrogen and oxygen atoms in total. The van der Waals surface area contributed by atoms with Crippen LogP contribution in [0.4, 0.5) is 0 Å². The molecule has 0 saturated carbocycles. The topological polar surface area (TPSA) is 62.3 Å². The van der Waals surface area contributed by atoms with Crippen LogP contribution >= 0.6 is 0 Å². The fourth-order valence-corrected chi connectivity index (χ4v) is 2.42. The van der Waals surface area contributed by atoms with Gasteiger partial charge in [-0.3, -0.25) is 4.68 Å². The number of nitrogens with two attached hydrogens (primary N) is 1. The minimum atomic E-state index is 0.0659. The third-order valence-corrected chi connectivity index (χ3v) is 3.55. The molecule has 116 valence electrons. The zero-order chi connectivity index (χ0) is 15.1. The van der Waals surface area contributed by atoms with Gasteiger partial charge in [0.05, 0.1) is 24.4 Å². The Kier molecular flexibility index (Phi) is 6.17. The molecule has 0 aliphatic carbocycles. The first-order valence-electron chi connectivity index (χ1n) is 7.53. The molecule has 0 aliphatic heterocycles. The summed E-state index contributed by atoms with van der Waals surface area (Å²) in [5.41, 5.74) is 8.46. The number of aryl methyl sites for hydroxylation is 1. The molecule has 0 amide bonds. The summed E-state index contributed by atoms with van der Waals surface area (Å²) in [5.74, 6) is 0. The van der Waals surface area contributed by atoms with Crippen LogP contribution in [-0.2, 0) is 22.4 Å². The van der Waals surface area contributed by atoms with Gasteiger partial charge in [0.2, 0.25) is 0 Å². The summed E-state index contributed by atoms with van der Waals surface area (Å²) in [6.07, 6.45) is 1.61. The van der Waals surface area contributed by atoms with Crippen LogP contribution in [0.2, 0.25) is 0 Å². The molecule has 5 heteroatoms. The first-order chi connectivity index (χ1) is 10.3. The lowest BCUT2D eigenvalue weighted by molar-refractivity contribution is 0.0672. The van der Waals surface area contributed by atoms with Gasteiger partial charge in [-0.05, 0) is 19.4 Å². The van der Waals surface area contributed by atoms with E-state index in [0.29, 0.717) is 19.8 Å². The summed E-state index contributed by atoms with van der Waals surface area (Å²) >= 11 is 0. The van der Waals surface area contributed by atoms with Crippen molar-refractivity contribution in [1.82, 2.24) is 9.78 Å². The predicted octanol–water partition coefficient (Wildman–Crippen LogP) is 1.98. The second-order valence-corrected chi connectivity index (χ2v) is 5.14. The SMILES string of the molecule is CCn1nc(CC(N)CCOCCOC)c2ccccc21. The van der Waals surface area contributed by atoms with Crippen molar-refractivity contribution in [3.8, 4) is 0 Å². The van der Waals surface area contributed by atoms with E-state index in [0.717, 1.165) is 25.1 Å². The van der Waals surface area contributed by atoms with Crippen molar-refractivity contribution in [2.75, 3.05) is 26.9 Å². The lowest BCUT2D eigenvalue weighted by Gasteiger charge is -2.10. The Balaban J connectivity index is 1.93. The Morgan fingerprint density at radius 3 is 2.81 bits per heavy atom. The Morgan fingerprint density at radius 2 is 2.05 bits per heavy atom. The molecule has 0 spiro atoms. The molecule has 1 atom stereocenters. The van der Waals surface area contributed by atoms with Gasteiger partial charge < -0.3 is 15.2 Å². The number of rotatable bonds is 9. The lowest BCUT2D eigenvalue weighted by atomic mass is 10.1. The highest BCUT2D eigenvalue weighted by atomic mass is 16.5. The average Bonchev–Trinajstić information content (AvgIpc) is 2.85. The molecule has 0 aliphatic rings. The highest BCUT2D eigenvalue weighted by molar-refractivity contribution is 5.82. The van der Waals surface area contributed by atoms with E-state index in [1.54, 1.807) is 7.11 Å². The summed E-state index contributed by atoms with van der Waals surface area (Å²) in [6, 6.07) is 8.38. The largest absolute Gasteiger partial charge is 0.382 e. The number of hydrogen-bond acceptors (Lipinski definition) is 4. The van der Waals surface area contributed by atoms with E-state index in [1.807, 2.05) is 16.8 Å². The number of nitrogens with zero attached hydrogens (tertiary/aromatic N) is 2. The molecule has 1 aromatic heterocycles. The van der Waals surface area contributed by atoms with Crippen molar-refractivity contribution in [3.05, 3.63) is 30.0 Å².